The van der Waals surface area contributed by atoms with E-state index in [1.54, 1.807) is 0 Å². The summed E-state index contributed by atoms with van der Waals surface area (Å²) in [5.74, 6) is 0.654. The fraction of sp³-hybridized carbons (Fsp3) is 0.0196. The van der Waals surface area contributed by atoms with Gasteiger partial charge < -0.3 is 0 Å². The molecule has 0 N–H and O–H groups in total. The highest BCUT2D eigenvalue weighted by Gasteiger charge is 2.48. The van der Waals surface area contributed by atoms with Crippen LogP contribution in [0, 0.1) is 0 Å². The monoisotopic (exact) mass is 687 g/mol. The third kappa shape index (κ3) is 4.36. The maximum absolute atomic E-state index is 5.54. The van der Waals surface area contributed by atoms with Crippen LogP contribution in [0.2, 0.25) is 0 Å². The van der Waals surface area contributed by atoms with E-state index in [9.17, 15) is 0 Å². The molecule has 1 aliphatic rings. The molecule has 3 nitrogen and oxygen atoms in total. The van der Waals surface area contributed by atoms with Crippen LogP contribution >= 0.6 is 0 Å². The Morgan fingerprint density at radius 3 is 1.70 bits per heavy atom. The lowest BCUT2D eigenvalue weighted by atomic mass is 9.67. The molecule has 0 bridgehead atoms. The Labute approximate surface area is 313 Å². The number of hydrogen-bond acceptors (Lipinski definition) is 2. The normalized spacial score (nSPS) is 13.0. The Hall–Kier alpha value is -7.10. The Balaban J connectivity index is 1.26. The smallest absolute Gasteiger partial charge is 0.235 e. The van der Waals surface area contributed by atoms with Gasteiger partial charge in [0.1, 0.15) is 0 Å². The van der Waals surface area contributed by atoms with Crippen LogP contribution in [0.3, 0.4) is 0 Å². The minimum absolute atomic E-state index is 0.590. The van der Waals surface area contributed by atoms with Crippen molar-refractivity contribution in [2.75, 3.05) is 0 Å². The van der Waals surface area contributed by atoms with E-state index in [2.05, 4.69) is 205 Å². The van der Waals surface area contributed by atoms with Crippen LogP contribution in [0.4, 0.5) is 0 Å². The molecular formula is C51H33N3. The second kappa shape index (κ2) is 12.0. The number of rotatable bonds is 5. The van der Waals surface area contributed by atoms with E-state index >= 15 is 0 Å². The SMILES string of the molecule is c1ccc(-c2ccc(-c3nc(-n4c5ccccc5c5ccc6c(c54)C(c4ccccc4)(c4ccccc4)c4ccccc4-6)nc4ccccc34)cc2)cc1. The number of benzene rings is 8. The van der Waals surface area contributed by atoms with Crippen LogP contribution in [0.15, 0.2) is 200 Å². The fourth-order valence-corrected chi connectivity index (χ4v) is 9.03. The number of fused-ring (bicyclic) bond motifs is 8. The van der Waals surface area contributed by atoms with Crippen molar-refractivity contribution in [1.29, 1.82) is 0 Å². The highest BCUT2D eigenvalue weighted by atomic mass is 15.2. The van der Waals surface area contributed by atoms with Gasteiger partial charge in [-0.05, 0) is 51.1 Å². The summed E-state index contributed by atoms with van der Waals surface area (Å²) in [6.45, 7) is 0. The van der Waals surface area contributed by atoms with Gasteiger partial charge in [-0.1, -0.05) is 188 Å². The third-order valence-electron chi connectivity index (χ3n) is 11.3. The van der Waals surface area contributed by atoms with Crippen molar-refractivity contribution in [2.45, 2.75) is 5.41 Å². The topological polar surface area (TPSA) is 30.7 Å². The summed E-state index contributed by atoms with van der Waals surface area (Å²) in [6.07, 6.45) is 0. The zero-order valence-electron chi connectivity index (χ0n) is 29.4. The number of nitrogens with zero attached hydrogens (tertiary/aromatic N) is 3. The average Bonchev–Trinajstić information content (AvgIpc) is 3.75. The van der Waals surface area contributed by atoms with Crippen molar-refractivity contribution in [1.82, 2.24) is 14.5 Å². The highest BCUT2D eigenvalue weighted by Crippen LogP contribution is 2.59. The molecular weight excluding hydrogens is 655 g/mol. The summed E-state index contributed by atoms with van der Waals surface area (Å²) in [6, 6.07) is 72.0. The van der Waals surface area contributed by atoms with Crippen molar-refractivity contribution in [3.63, 3.8) is 0 Å². The Morgan fingerprint density at radius 2 is 0.963 bits per heavy atom. The lowest BCUT2D eigenvalue weighted by Gasteiger charge is -2.34. The summed E-state index contributed by atoms with van der Waals surface area (Å²) < 4.78 is 2.34. The molecule has 1 aliphatic carbocycles. The largest absolute Gasteiger partial charge is 0.278 e. The maximum Gasteiger partial charge on any atom is 0.235 e. The summed E-state index contributed by atoms with van der Waals surface area (Å²) in [5.41, 5.74) is 14.3. The predicted octanol–water partition coefficient (Wildman–Crippen LogP) is 12.4. The molecule has 0 unspecified atom stereocenters. The zero-order chi connectivity index (χ0) is 35.6. The van der Waals surface area contributed by atoms with Crippen LogP contribution in [0.25, 0.3) is 72.2 Å². The molecule has 0 fully saturated rings. The maximum atomic E-state index is 5.54. The highest BCUT2D eigenvalue weighted by molar-refractivity contribution is 6.14. The standard InChI is InChI=1S/C51H33N3/c1-4-16-34(17-5-1)35-28-30-36(31-29-35)48-43-24-11-14-26-45(43)52-50(53-48)54-46-27-15-12-23-40(46)42-33-32-41-39-22-10-13-25-44(39)51(47(41)49(42)54,37-18-6-2-7-19-37)38-20-8-3-9-21-38/h1-33H. The molecule has 0 amide bonds. The molecule has 54 heavy (non-hydrogen) atoms. The van der Waals surface area contributed by atoms with E-state index in [4.69, 9.17) is 9.97 Å². The first-order valence-electron chi connectivity index (χ1n) is 18.5. The van der Waals surface area contributed by atoms with Gasteiger partial charge in [0, 0.05) is 27.3 Å². The lowest BCUT2D eigenvalue weighted by Crippen LogP contribution is -2.29. The van der Waals surface area contributed by atoms with E-state index < -0.39 is 5.41 Å². The van der Waals surface area contributed by atoms with Gasteiger partial charge in [-0.25, -0.2) is 9.97 Å². The van der Waals surface area contributed by atoms with Crippen molar-refractivity contribution in [2.24, 2.45) is 0 Å². The first kappa shape index (κ1) is 30.5. The molecule has 0 saturated heterocycles. The van der Waals surface area contributed by atoms with E-state index in [0.29, 0.717) is 5.95 Å². The van der Waals surface area contributed by atoms with Crippen molar-refractivity contribution in [3.05, 3.63) is 222 Å². The van der Waals surface area contributed by atoms with Crippen LogP contribution < -0.4 is 0 Å². The average molecular weight is 688 g/mol. The quantitative estimate of drug-likeness (QED) is 0.180. The summed E-state index contributed by atoms with van der Waals surface area (Å²) >= 11 is 0. The van der Waals surface area contributed by atoms with Crippen LogP contribution in [0.5, 0.6) is 0 Å². The summed E-state index contributed by atoms with van der Waals surface area (Å²) in [5, 5.41) is 3.38. The second-order valence-electron chi connectivity index (χ2n) is 14.1. The Morgan fingerprint density at radius 1 is 0.389 bits per heavy atom. The van der Waals surface area contributed by atoms with Gasteiger partial charge in [0.15, 0.2) is 0 Å². The first-order chi connectivity index (χ1) is 26.8. The van der Waals surface area contributed by atoms with E-state index in [0.717, 1.165) is 33.2 Å². The van der Waals surface area contributed by atoms with Crippen molar-refractivity contribution < 1.29 is 0 Å². The zero-order valence-corrected chi connectivity index (χ0v) is 29.4. The second-order valence-corrected chi connectivity index (χ2v) is 14.1. The summed E-state index contributed by atoms with van der Waals surface area (Å²) in [7, 11) is 0. The molecule has 0 atom stereocenters. The third-order valence-corrected chi connectivity index (χ3v) is 11.3. The Bertz CT molecular complexity index is 2980. The molecule has 10 aromatic rings. The first-order valence-corrected chi connectivity index (χ1v) is 18.5. The molecule has 11 rings (SSSR count). The van der Waals surface area contributed by atoms with Crippen LogP contribution in [-0.4, -0.2) is 14.5 Å². The van der Waals surface area contributed by atoms with E-state index in [1.807, 2.05) is 0 Å². The van der Waals surface area contributed by atoms with Crippen LogP contribution in [-0.2, 0) is 5.41 Å². The van der Waals surface area contributed by atoms with E-state index in [-0.39, 0.29) is 0 Å². The molecule has 0 radical (unpaired) electrons. The van der Waals surface area contributed by atoms with Gasteiger partial charge in [-0.3, -0.25) is 4.57 Å². The molecule has 2 aromatic heterocycles. The van der Waals surface area contributed by atoms with Crippen LogP contribution in [0.1, 0.15) is 22.3 Å². The molecule has 252 valence electrons. The number of hydrogen-bond donors (Lipinski definition) is 0. The van der Waals surface area contributed by atoms with Gasteiger partial charge >= 0.3 is 0 Å². The summed E-state index contributed by atoms with van der Waals surface area (Å²) in [4.78, 5) is 10.9. The molecule has 0 spiro atoms. The Kier molecular flexibility index (Phi) is 6.77. The predicted molar refractivity (Wildman–Crippen MR) is 222 cm³/mol. The van der Waals surface area contributed by atoms with Gasteiger partial charge in [-0.15, -0.1) is 0 Å². The minimum Gasteiger partial charge on any atom is -0.278 e. The molecule has 3 heteroatoms. The molecule has 0 saturated carbocycles. The fourth-order valence-electron chi connectivity index (χ4n) is 9.03. The molecule has 2 heterocycles. The molecule has 8 aromatic carbocycles. The number of para-hydroxylation sites is 2. The van der Waals surface area contributed by atoms with E-state index in [1.165, 1.54) is 55.3 Å². The minimum atomic E-state index is -0.590. The van der Waals surface area contributed by atoms with Gasteiger partial charge in [0.2, 0.25) is 5.95 Å². The lowest BCUT2D eigenvalue weighted by molar-refractivity contribution is 0.770. The van der Waals surface area contributed by atoms with Crippen molar-refractivity contribution in [3.8, 4) is 39.5 Å². The van der Waals surface area contributed by atoms with Crippen molar-refractivity contribution >= 4 is 32.7 Å². The van der Waals surface area contributed by atoms with Gasteiger partial charge in [0.25, 0.3) is 0 Å². The van der Waals surface area contributed by atoms with Gasteiger partial charge in [0.05, 0.1) is 27.7 Å². The van der Waals surface area contributed by atoms with Gasteiger partial charge in [-0.2, -0.15) is 0 Å². The number of aromatic nitrogens is 3. The molecule has 0 aliphatic heterocycles.